The van der Waals surface area contributed by atoms with Crippen molar-refractivity contribution in [2.24, 2.45) is 16.6 Å². The largest absolute Gasteiger partial charge is 0.497 e. The van der Waals surface area contributed by atoms with Crippen LogP contribution >= 0.6 is 0 Å². The van der Waals surface area contributed by atoms with Gasteiger partial charge in [-0.2, -0.15) is 5.26 Å². The molecule has 0 saturated carbocycles. The fourth-order valence-electron chi connectivity index (χ4n) is 2.16. The van der Waals surface area contributed by atoms with Crippen LogP contribution in [0, 0.1) is 17.2 Å². The van der Waals surface area contributed by atoms with Crippen LogP contribution in [-0.2, 0) is 11.2 Å². The molecule has 0 atom stereocenters. The van der Waals surface area contributed by atoms with E-state index >= 15 is 0 Å². The van der Waals surface area contributed by atoms with Gasteiger partial charge in [-0.1, -0.05) is 32.6 Å². The fourth-order valence-corrected chi connectivity index (χ4v) is 2.16. The highest BCUT2D eigenvalue weighted by atomic mass is 16.5. The number of nitriles is 1. The first-order valence-electron chi connectivity index (χ1n) is 8.15. The standard InChI is InChI=1S/C19H25N5O2/c1-14(2)13-24(18(8-9-20)22-15(3)12-21)23-19(25)11-16-6-5-7-17(10-16)26-4/h5-10,14H,3,11,13,20H2,1-2,4H3,(H,23,25)/b9-8-,22-18?. The van der Waals surface area contributed by atoms with Crippen molar-refractivity contribution >= 4 is 11.7 Å². The van der Waals surface area contributed by atoms with Crippen LogP contribution in [0.5, 0.6) is 5.75 Å². The predicted octanol–water partition coefficient (Wildman–Crippen LogP) is 2.14. The lowest BCUT2D eigenvalue weighted by Gasteiger charge is -2.26. The molecule has 7 heteroatoms. The van der Waals surface area contributed by atoms with Gasteiger partial charge in [0, 0.05) is 6.54 Å². The molecule has 0 saturated heterocycles. The molecule has 1 amide bonds. The number of nitrogens with zero attached hydrogens (tertiary/aromatic N) is 3. The maximum absolute atomic E-state index is 12.5. The molecule has 0 heterocycles. The number of carbonyl (C=O) groups is 1. The molecule has 0 bridgehead atoms. The molecule has 1 aromatic rings. The Morgan fingerprint density at radius 3 is 2.85 bits per heavy atom. The number of methoxy groups -OCH3 is 1. The minimum absolute atomic E-state index is 0.0221. The Morgan fingerprint density at radius 1 is 1.54 bits per heavy atom. The van der Waals surface area contributed by atoms with E-state index < -0.39 is 0 Å². The Hall–Kier alpha value is -3.27. The number of rotatable bonds is 7. The number of amides is 1. The molecule has 0 spiro atoms. The van der Waals surface area contributed by atoms with Crippen LogP contribution in [0.25, 0.3) is 0 Å². The fraction of sp³-hybridized carbons (Fsp3) is 0.316. The molecular formula is C19H25N5O2. The molecule has 0 radical (unpaired) electrons. The third-order valence-electron chi connectivity index (χ3n) is 3.21. The van der Waals surface area contributed by atoms with Gasteiger partial charge in [-0.25, -0.2) is 4.99 Å². The summed E-state index contributed by atoms with van der Waals surface area (Å²) in [5.74, 6) is 1.04. The van der Waals surface area contributed by atoms with Crippen molar-refractivity contribution in [1.82, 2.24) is 10.4 Å². The number of nitrogens with one attached hydrogen (secondary N) is 1. The number of hydrogen-bond donors (Lipinski definition) is 2. The number of ether oxygens (including phenoxy) is 1. The molecule has 26 heavy (non-hydrogen) atoms. The second kappa shape index (κ2) is 10.6. The number of hydrogen-bond acceptors (Lipinski definition) is 5. The summed E-state index contributed by atoms with van der Waals surface area (Å²) in [6.45, 7) is 8.05. The van der Waals surface area contributed by atoms with Crippen molar-refractivity contribution in [3.8, 4) is 11.8 Å². The lowest BCUT2D eigenvalue weighted by Crippen LogP contribution is -2.48. The van der Waals surface area contributed by atoms with Gasteiger partial charge in [0.1, 0.15) is 23.4 Å². The Balaban J connectivity index is 2.97. The minimum atomic E-state index is -0.223. The highest BCUT2D eigenvalue weighted by Crippen LogP contribution is 2.13. The first-order chi connectivity index (χ1) is 12.4. The van der Waals surface area contributed by atoms with Crippen LogP contribution in [-0.4, -0.2) is 30.4 Å². The van der Waals surface area contributed by atoms with Crippen LogP contribution < -0.4 is 15.9 Å². The van der Waals surface area contributed by atoms with Crippen molar-refractivity contribution in [1.29, 1.82) is 5.26 Å². The van der Waals surface area contributed by atoms with E-state index in [-0.39, 0.29) is 23.9 Å². The van der Waals surface area contributed by atoms with E-state index in [2.05, 4.69) is 17.0 Å². The van der Waals surface area contributed by atoms with Gasteiger partial charge in [0.05, 0.1) is 13.5 Å². The minimum Gasteiger partial charge on any atom is -0.497 e. The van der Waals surface area contributed by atoms with E-state index in [1.807, 2.05) is 38.1 Å². The summed E-state index contributed by atoms with van der Waals surface area (Å²) in [5, 5.41) is 10.5. The summed E-state index contributed by atoms with van der Waals surface area (Å²) in [4.78, 5) is 16.6. The highest BCUT2D eigenvalue weighted by molar-refractivity contribution is 5.95. The zero-order chi connectivity index (χ0) is 19.5. The van der Waals surface area contributed by atoms with Gasteiger partial charge >= 0.3 is 0 Å². The molecule has 0 fully saturated rings. The summed E-state index contributed by atoms with van der Waals surface area (Å²) in [5.41, 5.74) is 9.13. The van der Waals surface area contributed by atoms with Crippen LogP contribution in [0.3, 0.4) is 0 Å². The molecule has 7 nitrogen and oxygen atoms in total. The first-order valence-corrected chi connectivity index (χ1v) is 8.15. The third-order valence-corrected chi connectivity index (χ3v) is 3.21. The Kier molecular flexibility index (Phi) is 8.44. The van der Waals surface area contributed by atoms with Crippen LogP contribution in [0.2, 0.25) is 0 Å². The lowest BCUT2D eigenvalue weighted by molar-refractivity contribution is -0.123. The van der Waals surface area contributed by atoms with Crippen LogP contribution in [0.1, 0.15) is 19.4 Å². The SMILES string of the molecule is C=C(C#N)N=C(/C=C\N)N(CC(C)C)NC(=O)Cc1cccc(OC)c1. The lowest BCUT2D eigenvalue weighted by atomic mass is 10.1. The van der Waals surface area contributed by atoms with Crippen molar-refractivity contribution < 1.29 is 9.53 Å². The van der Waals surface area contributed by atoms with Gasteiger partial charge in [0.15, 0.2) is 0 Å². The number of aliphatic imine (C=N–C) groups is 1. The summed E-state index contributed by atoms with van der Waals surface area (Å²) in [6, 6.07) is 9.15. The van der Waals surface area contributed by atoms with Gasteiger partial charge in [-0.3, -0.25) is 15.2 Å². The summed E-state index contributed by atoms with van der Waals surface area (Å²) >= 11 is 0. The van der Waals surface area contributed by atoms with Crippen LogP contribution in [0.4, 0.5) is 0 Å². The van der Waals surface area contributed by atoms with E-state index in [9.17, 15) is 4.79 Å². The van der Waals surface area contributed by atoms with E-state index in [0.29, 0.717) is 18.1 Å². The number of carbonyl (C=O) groups excluding carboxylic acids is 1. The van der Waals surface area contributed by atoms with E-state index in [1.165, 1.54) is 12.3 Å². The normalized spacial score (nSPS) is 11.3. The molecule has 1 aromatic carbocycles. The summed E-state index contributed by atoms with van der Waals surface area (Å²) < 4.78 is 5.17. The average Bonchev–Trinajstić information content (AvgIpc) is 2.60. The summed E-state index contributed by atoms with van der Waals surface area (Å²) in [6.07, 6.45) is 2.98. The van der Waals surface area contributed by atoms with Gasteiger partial charge in [0.25, 0.3) is 0 Å². The molecule has 0 aliphatic heterocycles. The van der Waals surface area contributed by atoms with Crippen LogP contribution in [0.15, 0.2) is 53.8 Å². The van der Waals surface area contributed by atoms with E-state index in [4.69, 9.17) is 15.7 Å². The maximum atomic E-state index is 12.5. The Morgan fingerprint density at radius 2 is 2.27 bits per heavy atom. The number of hydrazine groups is 1. The Labute approximate surface area is 154 Å². The van der Waals surface area contributed by atoms with Gasteiger partial charge < -0.3 is 10.5 Å². The predicted molar refractivity (Wildman–Crippen MR) is 102 cm³/mol. The van der Waals surface area contributed by atoms with Gasteiger partial charge in [-0.05, 0) is 35.9 Å². The second-order valence-electron chi connectivity index (χ2n) is 5.96. The molecule has 0 aliphatic rings. The quantitative estimate of drug-likeness (QED) is 0.337. The molecule has 3 N–H and O–H groups in total. The van der Waals surface area contributed by atoms with E-state index in [1.54, 1.807) is 18.2 Å². The highest BCUT2D eigenvalue weighted by Gasteiger charge is 2.15. The molecule has 0 aliphatic carbocycles. The monoisotopic (exact) mass is 355 g/mol. The number of nitrogens with two attached hydrogens (primary N) is 1. The number of amidine groups is 1. The molecular weight excluding hydrogens is 330 g/mol. The van der Waals surface area contributed by atoms with Crippen molar-refractivity contribution in [3.63, 3.8) is 0 Å². The number of benzene rings is 1. The zero-order valence-electron chi connectivity index (χ0n) is 15.4. The van der Waals surface area contributed by atoms with E-state index in [0.717, 1.165) is 5.56 Å². The summed E-state index contributed by atoms with van der Waals surface area (Å²) in [7, 11) is 1.58. The second-order valence-corrected chi connectivity index (χ2v) is 5.96. The average molecular weight is 355 g/mol. The third kappa shape index (κ3) is 7.09. The maximum Gasteiger partial charge on any atom is 0.242 e. The Bertz CT molecular complexity index is 732. The van der Waals surface area contributed by atoms with Gasteiger partial charge in [-0.15, -0.1) is 0 Å². The van der Waals surface area contributed by atoms with Gasteiger partial charge in [0.2, 0.25) is 5.91 Å². The van der Waals surface area contributed by atoms with Crippen molar-refractivity contribution in [2.75, 3.05) is 13.7 Å². The van der Waals surface area contributed by atoms with Crippen molar-refractivity contribution in [2.45, 2.75) is 20.3 Å². The smallest absolute Gasteiger partial charge is 0.242 e. The van der Waals surface area contributed by atoms with Crippen molar-refractivity contribution in [3.05, 3.63) is 54.4 Å². The molecule has 0 unspecified atom stereocenters. The molecule has 1 rings (SSSR count). The zero-order valence-corrected chi connectivity index (χ0v) is 15.4. The number of allylic oxidation sites excluding steroid dienone is 1. The first kappa shape index (κ1) is 20.8. The topological polar surface area (TPSA) is 104 Å². The molecule has 138 valence electrons. The molecule has 0 aromatic heterocycles.